The maximum absolute atomic E-state index is 5.89. The highest BCUT2D eigenvalue weighted by atomic mass is 32.1. The van der Waals surface area contributed by atoms with Gasteiger partial charge in [0.2, 0.25) is 0 Å². The van der Waals surface area contributed by atoms with Gasteiger partial charge >= 0.3 is 0 Å². The summed E-state index contributed by atoms with van der Waals surface area (Å²) in [7, 11) is 2.04. The third-order valence-electron chi connectivity index (χ3n) is 3.20. The molecule has 84 valence electrons. The van der Waals surface area contributed by atoms with E-state index in [1.54, 1.807) is 0 Å². The lowest BCUT2D eigenvalue weighted by molar-refractivity contribution is 0.0665. The van der Waals surface area contributed by atoms with Crippen molar-refractivity contribution in [2.24, 2.45) is 7.05 Å². The molecule has 0 saturated heterocycles. The molecule has 2 aromatic rings. The van der Waals surface area contributed by atoms with E-state index in [1.165, 1.54) is 10.4 Å². The van der Waals surface area contributed by atoms with Gasteiger partial charge in [0, 0.05) is 23.9 Å². The second-order valence-electron chi connectivity index (χ2n) is 4.09. The van der Waals surface area contributed by atoms with Crippen LogP contribution in [0.1, 0.15) is 28.1 Å². The van der Waals surface area contributed by atoms with Crippen molar-refractivity contribution in [1.82, 2.24) is 9.55 Å². The second kappa shape index (κ2) is 3.71. The number of fused-ring (bicyclic) bond motifs is 1. The molecule has 0 fully saturated rings. The summed E-state index contributed by atoms with van der Waals surface area (Å²) in [5.41, 5.74) is 2.47. The first kappa shape index (κ1) is 10.1. The molecule has 0 spiro atoms. The van der Waals surface area contributed by atoms with Gasteiger partial charge < -0.3 is 9.30 Å². The smallest absolute Gasteiger partial charge is 0.125 e. The molecule has 16 heavy (non-hydrogen) atoms. The van der Waals surface area contributed by atoms with Crippen molar-refractivity contribution in [3.63, 3.8) is 0 Å². The Morgan fingerprint density at radius 3 is 3.19 bits per heavy atom. The summed E-state index contributed by atoms with van der Waals surface area (Å²) in [6.07, 6.45) is 3.04. The molecule has 0 bridgehead atoms. The fourth-order valence-electron chi connectivity index (χ4n) is 2.15. The first-order valence-corrected chi connectivity index (χ1v) is 6.31. The van der Waals surface area contributed by atoms with Gasteiger partial charge in [-0.2, -0.15) is 0 Å². The van der Waals surface area contributed by atoms with Gasteiger partial charge in [0.25, 0.3) is 0 Å². The third kappa shape index (κ3) is 1.41. The fourth-order valence-corrected chi connectivity index (χ4v) is 3.05. The standard InChI is InChI=1S/C12H14N2OS/c1-8-13-7-10(14(8)2)12-9-4-6-16-11(9)3-5-15-12/h4,6-7,12H,3,5H2,1-2H3. The van der Waals surface area contributed by atoms with Gasteiger partial charge in [0.15, 0.2) is 0 Å². The molecule has 1 atom stereocenters. The van der Waals surface area contributed by atoms with Crippen molar-refractivity contribution in [3.8, 4) is 0 Å². The van der Waals surface area contributed by atoms with Crippen LogP contribution in [0.4, 0.5) is 0 Å². The van der Waals surface area contributed by atoms with Crippen LogP contribution in [0.3, 0.4) is 0 Å². The number of rotatable bonds is 1. The lowest BCUT2D eigenvalue weighted by Gasteiger charge is -2.23. The highest BCUT2D eigenvalue weighted by Gasteiger charge is 2.26. The molecule has 4 heteroatoms. The van der Waals surface area contributed by atoms with E-state index in [0.29, 0.717) is 0 Å². The van der Waals surface area contributed by atoms with Crippen LogP contribution in [0.5, 0.6) is 0 Å². The van der Waals surface area contributed by atoms with Crippen LogP contribution in [0, 0.1) is 6.92 Å². The molecule has 3 rings (SSSR count). The quantitative estimate of drug-likeness (QED) is 0.758. The first-order valence-electron chi connectivity index (χ1n) is 5.43. The average molecular weight is 234 g/mol. The van der Waals surface area contributed by atoms with Crippen LogP contribution in [0.15, 0.2) is 17.6 Å². The molecule has 1 unspecified atom stereocenters. The van der Waals surface area contributed by atoms with Gasteiger partial charge in [-0.05, 0) is 18.4 Å². The maximum Gasteiger partial charge on any atom is 0.125 e. The van der Waals surface area contributed by atoms with Crippen LogP contribution in [0.2, 0.25) is 0 Å². The van der Waals surface area contributed by atoms with Crippen LogP contribution in [0.25, 0.3) is 0 Å². The van der Waals surface area contributed by atoms with Crippen molar-refractivity contribution in [2.45, 2.75) is 19.4 Å². The monoisotopic (exact) mass is 234 g/mol. The van der Waals surface area contributed by atoms with E-state index in [4.69, 9.17) is 4.74 Å². The van der Waals surface area contributed by atoms with Crippen LogP contribution >= 0.6 is 11.3 Å². The summed E-state index contributed by atoms with van der Waals surface area (Å²) >= 11 is 1.83. The highest BCUT2D eigenvalue weighted by molar-refractivity contribution is 7.10. The number of ether oxygens (including phenoxy) is 1. The van der Waals surface area contributed by atoms with Crippen molar-refractivity contribution in [2.75, 3.05) is 6.61 Å². The van der Waals surface area contributed by atoms with Crippen molar-refractivity contribution in [1.29, 1.82) is 0 Å². The average Bonchev–Trinajstić information content (AvgIpc) is 2.87. The molecule has 2 aromatic heterocycles. The number of thiophene rings is 1. The van der Waals surface area contributed by atoms with Crippen LogP contribution in [-0.4, -0.2) is 16.2 Å². The molecule has 0 aromatic carbocycles. The SMILES string of the molecule is Cc1ncc(C2OCCc3sccc32)n1C. The van der Waals surface area contributed by atoms with Gasteiger partial charge in [0.1, 0.15) is 11.9 Å². The van der Waals surface area contributed by atoms with Crippen molar-refractivity contribution < 1.29 is 4.74 Å². The van der Waals surface area contributed by atoms with Crippen molar-refractivity contribution >= 4 is 11.3 Å². The normalized spacial score (nSPS) is 19.8. The Labute approximate surface area is 98.7 Å². The molecular weight excluding hydrogens is 220 g/mol. The molecule has 0 N–H and O–H groups in total. The summed E-state index contributed by atoms with van der Waals surface area (Å²) in [5.74, 6) is 1.03. The van der Waals surface area contributed by atoms with Gasteiger partial charge in [-0.25, -0.2) is 4.98 Å². The summed E-state index contributed by atoms with van der Waals surface area (Å²) in [6.45, 7) is 2.82. The predicted molar refractivity (Wildman–Crippen MR) is 63.8 cm³/mol. The Hall–Kier alpha value is -1.13. The summed E-state index contributed by atoms with van der Waals surface area (Å²) in [5, 5.41) is 2.15. The van der Waals surface area contributed by atoms with E-state index in [9.17, 15) is 0 Å². The zero-order valence-corrected chi connectivity index (χ0v) is 10.3. The lowest BCUT2D eigenvalue weighted by Crippen LogP contribution is -2.17. The van der Waals surface area contributed by atoms with Gasteiger partial charge in [-0.15, -0.1) is 11.3 Å². The van der Waals surface area contributed by atoms with E-state index in [1.807, 2.05) is 31.5 Å². The number of aromatic nitrogens is 2. The Morgan fingerprint density at radius 2 is 2.44 bits per heavy atom. The van der Waals surface area contributed by atoms with E-state index >= 15 is 0 Å². The summed E-state index contributed by atoms with van der Waals surface area (Å²) in [6, 6.07) is 2.17. The van der Waals surface area contributed by atoms with Crippen LogP contribution in [-0.2, 0) is 18.2 Å². The van der Waals surface area contributed by atoms with E-state index < -0.39 is 0 Å². The first-order chi connectivity index (χ1) is 7.77. The van der Waals surface area contributed by atoms with Gasteiger partial charge in [-0.1, -0.05) is 0 Å². The Balaban J connectivity index is 2.07. The molecule has 0 saturated carbocycles. The Kier molecular flexibility index (Phi) is 2.33. The summed E-state index contributed by atoms with van der Waals surface area (Å²) < 4.78 is 8.00. The van der Waals surface area contributed by atoms with Crippen LogP contribution < -0.4 is 0 Å². The molecule has 0 radical (unpaired) electrons. The molecule has 3 heterocycles. The number of hydrogen-bond donors (Lipinski definition) is 0. The van der Waals surface area contributed by atoms with E-state index in [0.717, 1.165) is 24.5 Å². The zero-order valence-electron chi connectivity index (χ0n) is 9.43. The molecular formula is C12H14N2OS. The highest BCUT2D eigenvalue weighted by Crippen LogP contribution is 2.35. The minimum Gasteiger partial charge on any atom is -0.367 e. The number of nitrogens with zero attached hydrogens (tertiary/aromatic N) is 2. The number of aryl methyl sites for hydroxylation is 1. The van der Waals surface area contributed by atoms with Gasteiger partial charge in [-0.3, -0.25) is 0 Å². The predicted octanol–water partition coefficient (Wildman–Crippen LogP) is 2.45. The number of hydrogen-bond acceptors (Lipinski definition) is 3. The number of imidazole rings is 1. The molecule has 1 aliphatic rings. The Morgan fingerprint density at radius 1 is 1.56 bits per heavy atom. The minimum absolute atomic E-state index is 0.0706. The zero-order chi connectivity index (χ0) is 11.1. The third-order valence-corrected chi connectivity index (χ3v) is 4.20. The molecule has 3 nitrogen and oxygen atoms in total. The van der Waals surface area contributed by atoms with Crippen molar-refractivity contribution in [3.05, 3.63) is 39.6 Å². The topological polar surface area (TPSA) is 27.1 Å². The molecule has 1 aliphatic heterocycles. The second-order valence-corrected chi connectivity index (χ2v) is 5.09. The Bertz CT molecular complexity index is 515. The molecule has 0 aliphatic carbocycles. The van der Waals surface area contributed by atoms with Gasteiger partial charge in [0.05, 0.1) is 18.5 Å². The maximum atomic E-state index is 5.89. The minimum atomic E-state index is 0.0706. The van der Waals surface area contributed by atoms with E-state index in [-0.39, 0.29) is 6.10 Å². The largest absolute Gasteiger partial charge is 0.367 e. The fraction of sp³-hybridized carbons (Fsp3) is 0.417. The summed E-state index contributed by atoms with van der Waals surface area (Å²) in [4.78, 5) is 5.79. The van der Waals surface area contributed by atoms with E-state index in [2.05, 4.69) is 21.0 Å². The lowest BCUT2D eigenvalue weighted by atomic mass is 10.0. The molecule has 0 amide bonds.